The minimum atomic E-state index is -0.882. The lowest BCUT2D eigenvalue weighted by Crippen LogP contribution is -2.19. The molecule has 0 amide bonds. The number of carbonyl (C=O) groups excluding carboxylic acids is 4. The summed E-state index contributed by atoms with van der Waals surface area (Å²) in [7, 11) is 0. The molecule has 0 saturated heterocycles. The third-order valence-electron chi connectivity index (χ3n) is 9.20. The lowest BCUT2D eigenvalue weighted by atomic mass is 9.72. The van der Waals surface area contributed by atoms with Crippen molar-refractivity contribution < 1.29 is 28.7 Å². The van der Waals surface area contributed by atoms with Gasteiger partial charge in [0.2, 0.25) is 0 Å². The largest absolute Gasteiger partial charge is 0.390 e. The average molecular weight is 683 g/mol. The molecule has 0 bridgehead atoms. The van der Waals surface area contributed by atoms with Crippen LogP contribution >= 0.6 is 0 Å². The van der Waals surface area contributed by atoms with E-state index in [4.69, 9.17) is 9.47 Å². The molecule has 0 spiro atoms. The van der Waals surface area contributed by atoms with Gasteiger partial charge < -0.3 is 9.47 Å². The number of ether oxygens (including phenoxy) is 2. The van der Waals surface area contributed by atoms with Gasteiger partial charge in [-0.2, -0.15) is 0 Å². The molecule has 0 aliphatic heterocycles. The minimum Gasteiger partial charge on any atom is -0.390 e. The Labute approximate surface area is 300 Å². The van der Waals surface area contributed by atoms with Crippen LogP contribution in [0.15, 0.2) is 117 Å². The summed E-state index contributed by atoms with van der Waals surface area (Å²) in [6.45, 7) is 21.0. The second-order valence-electron chi connectivity index (χ2n) is 14.9. The zero-order chi connectivity index (χ0) is 37.5. The fourth-order valence-corrected chi connectivity index (χ4v) is 6.32. The van der Waals surface area contributed by atoms with E-state index in [1.165, 1.54) is 60.1 Å². The second kappa shape index (κ2) is 19.8. The Morgan fingerprint density at radius 3 is 1.28 bits per heavy atom. The molecule has 0 aromatic rings. The van der Waals surface area contributed by atoms with E-state index >= 15 is 0 Å². The van der Waals surface area contributed by atoms with E-state index in [9.17, 15) is 19.2 Å². The van der Waals surface area contributed by atoms with E-state index < -0.39 is 36.7 Å². The molecule has 0 N–H and O–H groups in total. The molecule has 50 heavy (non-hydrogen) atoms. The van der Waals surface area contributed by atoms with E-state index in [-0.39, 0.29) is 10.8 Å². The van der Waals surface area contributed by atoms with Crippen molar-refractivity contribution in [2.24, 2.45) is 10.8 Å². The van der Waals surface area contributed by atoms with Crippen molar-refractivity contribution in [1.82, 2.24) is 0 Å². The van der Waals surface area contributed by atoms with Crippen molar-refractivity contribution >= 4 is 23.9 Å². The number of allylic oxidation sites excluding steroid dienone is 18. The molecule has 0 aromatic heterocycles. The molecule has 0 saturated carbocycles. The van der Waals surface area contributed by atoms with Crippen molar-refractivity contribution in [3.63, 3.8) is 0 Å². The van der Waals surface area contributed by atoms with Gasteiger partial charge in [-0.1, -0.05) is 111 Å². The molecule has 0 aromatic carbocycles. The molecule has 6 nitrogen and oxygen atoms in total. The summed E-state index contributed by atoms with van der Waals surface area (Å²) in [6.07, 6.45) is 28.4. The Balaban J connectivity index is 1.78. The normalized spacial score (nSPS) is 19.3. The molecule has 2 aliphatic carbocycles. The predicted octanol–water partition coefficient (Wildman–Crippen LogP) is 11.0. The Kier molecular flexibility index (Phi) is 16.5. The molecule has 0 radical (unpaired) electrons. The molecular weight excluding hydrogens is 624 g/mol. The van der Waals surface area contributed by atoms with Gasteiger partial charge in [0.25, 0.3) is 0 Å². The van der Waals surface area contributed by atoms with Crippen LogP contribution in [0.5, 0.6) is 0 Å². The van der Waals surface area contributed by atoms with Gasteiger partial charge in [0, 0.05) is 12.2 Å². The molecule has 0 atom stereocenters. The highest BCUT2D eigenvalue weighted by molar-refractivity contribution is 5.95. The van der Waals surface area contributed by atoms with Crippen molar-refractivity contribution in [3.05, 3.63) is 117 Å². The summed E-state index contributed by atoms with van der Waals surface area (Å²) < 4.78 is 9.58. The zero-order valence-corrected chi connectivity index (χ0v) is 32.0. The number of carbonyl (C=O) groups is 4. The molecular formula is C44H58O6. The van der Waals surface area contributed by atoms with Crippen LogP contribution in [0.2, 0.25) is 0 Å². The van der Waals surface area contributed by atoms with Crippen molar-refractivity contribution in [3.8, 4) is 0 Å². The Hall–Kier alpha value is -4.32. The molecule has 0 unspecified atom stereocenters. The smallest absolute Gasteiger partial charge is 0.338 e. The summed E-state index contributed by atoms with van der Waals surface area (Å²) in [6, 6.07) is 0. The van der Waals surface area contributed by atoms with Gasteiger partial charge in [0.15, 0.2) is 0 Å². The molecule has 2 aliphatic rings. The van der Waals surface area contributed by atoms with E-state index in [2.05, 4.69) is 65.8 Å². The quantitative estimate of drug-likeness (QED) is 0.0831. The number of rotatable bonds is 13. The van der Waals surface area contributed by atoms with Gasteiger partial charge in [-0.05, 0) is 113 Å². The Bertz CT molecular complexity index is 1480. The fourth-order valence-electron chi connectivity index (χ4n) is 6.32. The summed E-state index contributed by atoms with van der Waals surface area (Å²) in [5, 5.41) is 0. The first kappa shape index (κ1) is 41.8. The molecule has 270 valence electrons. The van der Waals surface area contributed by atoms with E-state index in [1.54, 1.807) is 26.0 Å². The first-order valence-electron chi connectivity index (χ1n) is 17.7. The highest BCUT2D eigenvalue weighted by Gasteiger charge is 2.27. The van der Waals surface area contributed by atoms with Crippen LogP contribution < -0.4 is 0 Å². The lowest BCUT2D eigenvalue weighted by Gasteiger charge is -2.33. The summed E-state index contributed by atoms with van der Waals surface area (Å²) >= 11 is 0. The van der Waals surface area contributed by atoms with Gasteiger partial charge >= 0.3 is 23.9 Å². The fraction of sp³-hybridized carbons (Fsp3) is 0.455. The summed E-state index contributed by atoms with van der Waals surface area (Å²) in [5.41, 5.74) is 9.37. The molecule has 0 heterocycles. The van der Waals surface area contributed by atoms with Crippen LogP contribution in [0.1, 0.15) is 121 Å². The van der Waals surface area contributed by atoms with Crippen LogP contribution in [-0.4, -0.2) is 23.9 Å². The lowest BCUT2D eigenvalue weighted by molar-refractivity contribution is -0.161. The van der Waals surface area contributed by atoms with Crippen LogP contribution in [0.4, 0.5) is 0 Å². The van der Waals surface area contributed by atoms with Crippen molar-refractivity contribution in [2.45, 2.75) is 121 Å². The van der Waals surface area contributed by atoms with Crippen LogP contribution in [0, 0.1) is 10.8 Å². The van der Waals surface area contributed by atoms with Crippen LogP contribution in [0.3, 0.4) is 0 Å². The minimum absolute atomic E-state index is 0.178. The van der Waals surface area contributed by atoms with E-state index in [0.29, 0.717) is 11.1 Å². The maximum Gasteiger partial charge on any atom is 0.338 e. The molecule has 6 heteroatoms. The highest BCUT2D eigenvalue weighted by atomic mass is 16.6. The van der Waals surface area contributed by atoms with Gasteiger partial charge in [0.1, 0.15) is 0 Å². The molecule has 2 rings (SSSR count). The SMILES string of the molecule is CC1=C(/C=C/C(C)=C/C=C/C(C)=C/C(=O)OC(=O)CCC(=O)OC(=O)/C=C(C)/C=C/C=C(C)/C=C/C2=C(C)CCCC2(C)C)C(C)(C)CCC1. The zero-order valence-electron chi connectivity index (χ0n) is 32.0. The third kappa shape index (κ3) is 15.1. The topological polar surface area (TPSA) is 86.7 Å². The third-order valence-corrected chi connectivity index (χ3v) is 9.20. The van der Waals surface area contributed by atoms with Gasteiger partial charge in [-0.15, -0.1) is 0 Å². The summed E-state index contributed by atoms with van der Waals surface area (Å²) in [5.74, 6) is -3.43. The number of hydrogen-bond acceptors (Lipinski definition) is 6. The van der Waals surface area contributed by atoms with Gasteiger partial charge in [0.05, 0.1) is 12.8 Å². The highest BCUT2D eigenvalue weighted by Crippen LogP contribution is 2.41. The first-order valence-corrected chi connectivity index (χ1v) is 17.7. The Morgan fingerprint density at radius 2 is 0.940 bits per heavy atom. The van der Waals surface area contributed by atoms with Crippen molar-refractivity contribution in [2.75, 3.05) is 0 Å². The maximum atomic E-state index is 12.2. The van der Waals surface area contributed by atoms with Crippen LogP contribution in [0.25, 0.3) is 0 Å². The number of esters is 4. The maximum absolute atomic E-state index is 12.2. The van der Waals surface area contributed by atoms with Gasteiger partial charge in [-0.3, -0.25) is 9.59 Å². The van der Waals surface area contributed by atoms with E-state index in [0.717, 1.165) is 24.0 Å². The van der Waals surface area contributed by atoms with Crippen molar-refractivity contribution in [1.29, 1.82) is 0 Å². The number of hydrogen-bond donors (Lipinski definition) is 0. The van der Waals surface area contributed by atoms with Gasteiger partial charge in [-0.25, -0.2) is 9.59 Å². The summed E-state index contributed by atoms with van der Waals surface area (Å²) in [4.78, 5) is 48.5. The standard InChI is InChI=1S/C44H58O6/c1-31(21-23-37-35(5)19-13-27-43(37,7)8)15-11-17-33(3)29-41(47)49-39(45)25-26-40(46)50-42(48)30-34(4)18-12-16-32(2)22-24-38-36(6)20-14-28-44(38,9)10/h11-12,15-18,21-24,29-30H,13-14,19-20,25-28H2,1-10H3/b17-11+,18-12+,23-21+,24-22+,31-15+,32-16+,33-29+,34-30+. The van der Waals surface area contributed by atoms with Crippen LogP contribution in [-0.2, 0) is 28.7 Å². The van der Waals surface area contributed by atoms with E-state index in [1.807, 2.05) is 38.2 Å². The average Bonchev–Trinajstić information content (AvgIpc) is 2.98. The first-order chi connectivity index (χ1) is 23.4. The predicted molar refractivity (Wildman–Crippen MR) is 204 cm³/mol. The Morgan fingerprint density at radius 1 is 0.580 bits per heavy atom. The molecule has 0 fully saturated rings. The second-order valence-corrected chi connectivity index (χ2v) is 14.9. The monoisotopic (exact) mass is 682 g/mol.